The molecule has 0 aromatic heterocycles. The van der Waals surface area contributed by atoms with Crippen molar-refractivity contribution in [3.8, 4) is 0 Å². The summed E-state index contributed by atoms with van der Waals surface area (Å²) in [6.45, 7) is 1.37. The van der Waals surface area contributed by atoms with Gasteiger partial charge in [-0.25, -0.2) is 0 Å². The molecule has 3 fully saturated rings. The Morgan fingerprint density at radius 2 is 2.08 bits per heavy atom. The number of benzene rings is 1. The SMILES string of the molecule is O=C(c1cc(C(F)(F)F)ccc1Cl)N1CC[C@@]23OCCCN2C(=O)C[C@@H]13. The van der Waals surface area contributed by atoms with E-state index in [0.29, 0.717) is 26.1 Å². The van der Waals surface area contributed by atoms with Crippen molar-refractivity contribution in [3.05, 3.63) is 34.3 Å². The van der Waals surface area contributed by atoms with Crippen LogP contribution in [0.15, 0.2) is 18.2 Å². The molecule has 1 aromatic rings. The molecule has 140 valence electrons. The van der Waals surface area contributed by atoms with Crippen LogP contribution >= 0.6 is 11.6 Å². The highest BCUT2D eigenvalue weighted by Crippen LogP contribution is 2.45. The summed E-state index contributed by atoms with van der Waals surface area (Å²) in [5.41, 5.74) is -1.99. The number of hydrogen-bond acceptors (Lipinski definition) is 3. The minimum atomic E-state index is -4.57. The number of rotatable bonds is 1. The molecule has 1 spiro atoms. The number of ether oxygens (including phenoxy) is 1. The first-order valence-electron chi connectivity index (χ1n) is 8.36. The number of carbonyl (C=O) groups is 2. The zero-order chi connectivity index (χ0) is 18.7. The van der Waals surface area contributed by atoms with Crippen molar-refractivity contribution in [2.45, 2.75) is 37.2 Å². The topological polar surface area (TPSA) is 49.9 Å². The number of hydrogen-bond donors (Lipinski definition) is 0. The molecule has 2 amide bonds. The predicted molar refractivity (Wildman–Crippen MR) is 85.5 cm³/mol. The molecule has 3 heterocycles. The number of halogens is 4. The first-order valence-corrected chi connectivity index (χ1v) is 8.74. The fourth-order valence-corrected chi connectivity index (χ4v) is 4.41. The highest BCUT2D eigenvalue weighted by molar-refractivity contribution is 6.33. The summed E-state index contributed by atoms with van der Waals surface area (Å²) < 4.78 is 44.9. The van der Waals surface area contributed by atoms with E-state index in [4.69, 9.17) is 16.3 Å². The molecule has 3 saturated heterocycles. The minimum absolute atomic E-state index is 0.0466. The van der Waals surface area contributed by atoms with Crippen molar-refractivity contribution >= 4 is 23.4 Å². The average Bonchev–Trinajstić information content (AvgIpc) is 3.06. The Bertz CT molecular complexity index is 785. The van der Waals surface area contributed by atoms with Gasteiger partial charge in [0.15, 0.2) is 5.72 Å². The lowest BCUT2D eigenvalue weighted by molar-refractivity contribution is -0.179. The second-order valence-corrected chi connectivity index (χ2v) is 7.16. The molecule has 4 rings (SSSR count). The molecule has 3 aliphatic rings. The van der Waals surface area contributed by atoms with Crippen LogP contribution in [0.5, 0.6) is 0 Å². The Hall–Kier alpha value is -1.80. The Morgan fingerprint density at radius 1 is 1.31 bits per heavy atom. The number of carbonyl (C=O) groups excluding carboxylic acids is 2. The van der Waals surface area contributed by atoms with Gasteiger partial charge < -0.3 is 14.5 Å². The lowest BCUT2D eigenvalue weighted by Crippen LogP contribution is -2.56. The smallest absolute Gasteiger partial charge is 0.353 e. The van der Waals surface area contributed by atoms with Crippen molar-refractivity contribution < 1.29 is 27.5 Å². The molecule has 1 aromatic carbocycles. The van der Waals surface area contributed by atoms with Crippen LogP contribution in [0.3, 0.4) is 0 Å². The molecule has 2 atom stereocenters. The van der Waals surface area contributed by atoms with Gasteiger partial charge in [-0.2, -0.15) is 13.2 Å². The Kier molecular flexibility index (Phi) is 3.96. The van der Waals surface area contributed by atoms with Gasteiger partial charge in [0.05, 0.1) is 35.2 Å². The third-order valence-corrected chi connectivity index (χ3v) is 5.73. The third-order valence-electron chi connectivity index (χ3n) is 5.40. The van der Waals surface area contributed by atoms with E-state index in [0.717, 1.165) is 24.6 Å². The third kappa shape index (κ3) is 2.50. The molecule has 0 saturated carbocycles. The summed E-state index contributed by atoms with van der Waals surface area (Å²) in [6, 6.07) is 2.18. The van der Waals surface area contributed by atoms with Gasteiger partial charge in [-0.15, -0.1) is 0 Å². The Morgan fingerprint density at radius 3 is 2.81 bits per heavy atom. The van der Waals surface area contributed by atoms with Crippen molar-refractivity contribution in [2.75, 3.05) is 19.7 Å². The van der Waals surface area contributed by atoms with Gasteiger partial charge in [-0.05, 0) is 24.6 Å². The largest absolute Gasteiger partial charge is 0.416 e. The number of alkyl halides is 3. The maximum absolute atomic E-state index is 13.0. The first kappa shape index (κ1) is 17.6. The van der Waals surface area contributed by atoms with Gasteiger partial charge in [0.1, 0.15) is 0 Å². The Labute approximate surface area is 152 Å². The summed E-state index contributed by atoms with van der Waals surface area (Å²) >= 11 is 6.00. The monoisotopic (exact) mass is 388 g/mol. The first-order chi connectivity index (χ1) is 12.2. The lowest BCUT2D eigenvalue weighted by atomic mass is 10.0. The van der Waals surface area contributed by atoms with E-state index in [1.54, 1.807) is 4.90 Å². The fourth-order valence-electron chi connectivity index (χ4n) is 4.21. The number of likely N-dealkylation sites (tertiary alicyclic amines) is 1. The number of nitrogens with zero attached hydrogens (tertiary/aromatic N) is 2. The van der Waals surface area contributed by atoms with E-state index < -0.39 is 29.4 Å². The maximum atomic E-state index is 13.0. The van der Waals surface area contributed by atoms with Gasteiger partial charge in [-0.1, -0.05) is 11.6 Å². The van der Waals surface area contributed by atoms with E-state index >= 15 is 0 Å². The van der Waals surface area contributed by atoms with Crippen LogP contribution < -0.4 is 0 Å². The molecule has 26 heavy (non-hydrogen) atoms. The van der Waals surface area contributed by atoms with E-state index in [-0.39, 0.29) is 22.9 Å². The van der Waals surface area contributed by atoms with Gasteiger partial charge in [-0.3, -0.25) is 9.59 Å². The van der Waals surface area contributed by atoms with Gasteiger partial charge in [0, 0.05) is 19.5 Å². The molecular formula is C17H16ClF3N2O3. The van der Waals surface area contributed by atoms with Crippen LogP contribution in [0.25, 0.3) is 0 Å². The molecule has 9 heteroatoms. The quantitative estimate of drug-likeness (QED) is 0.743. The summed E-state index contributed by atoms with van der Waals surface area (Å²) in [7, 11) is 0. The van der Waals surface area contributed by atoms with Gasteiger partial charge >= 0.3 is 6.18 Å². The summed E-state index contributed by atoms with van der Waals surface area (Å²) in [5, 5.41) is -0.0466. The zero-order valence-corrected chi connectivity index (χ0v) is 14.4. The molecule has 0 bridgehead atoms. The van der Waals surface area contributed by atoms with Crippen LogP contribution in [0, 0.1) is 0 Å². The summed E-state index contributed by atoms with van der Waals surface area (Å²) in [5.74, 6) is -0.700. The number of amides is 2. The molecule has 0 N–H and O–H groups in total. The predicted octanol–water partition coefficient (Wildman–Crippen LogP) is 2.92. The van der Waals surface area contributed by atoms with Crippen LogP contribution in [0.4, 0.5) is 13.2 Å². The van der Waals surface area contributed by atoms with Crippen molar-refractivity contribution in [3.63, 3.8) is 0 Å². The highest BCUT2D eigenvalue weighted by atomic mass is 35.5. The molecule has 0 unspecified atom stereocenters. The van der Waals surface area contributed by atoms with E-state index in [2.05, 4.69) is 0 Å². The van der Waals surface area contributed by atoms with E-state index in [1.165, 1.54) is 4.90 Å². The highest BCUT2D eigenvalue weighted by Gasteiger charge is 2.61. The van der Waals surface area contributed by atoms with Crippen LogP contribution in [-0.2, 0) is 15.7 Å². The van der Waals surface area contributed by atoms with Gasteiger partial charge in [0.2, 0.25) is 5.91 Å². The second kappa shape index (κ2) is 5.85. The fraction of sp³-hybridized carbons (Fsp3) is 0.529. The van der Waals surface area contributed by atoms with Gasteiger partial charge in [0.25, 0.3) is 5.91 Å². The molecule has 0 aliphatic carbocycles. The normalized spacial score (nSPS) is 28.3. The van der Waals surface area contributed by atoms with Crippen LogP contribution in [0.2, 0.25) is 5.02 Å². The molecule has 3 aliphatic heterocycles. The Balaban J connectivity index is 1.67. The van der Waals surface area contributed by atoms with Crippen LogP contribution in [-0.4, -0.2) is 53.1 Å². The zero-order valence-electron chi connectivity index (χ0n) is 13.7. The average molecular weight is 389 g/mol. The minimum Gasteiger partial charge on any atom is -0.353 e. The summed E-state index contributed by atoms with van der Waals surface area (Å²) in [6.07, 6.45) is -3.28. The maximum Gasteiger partial charge on any atom is 0.416 e. The second-order valence-electron chi connectivity index (χ2n) is 6.75. The van der Waals surface area contributed by atoms with Crippen molar-refractivity contribution in [1.82, 2.24) is 9.80 Å². The van der Waals surface area contributed by atoms with E-state index in [1.807, 2.05) is 0 Å². The van der Waals surface area contributed by atoms with Crippen LogP contribution in [0.1, 0.15) is 35.2 Å². The molecule has 5 nitrogen and oxygen atoms in total. The molecular weight excluding hydrogens is 373 g/mol. The van der Waals surface area contributed by atoms with E-state index in [9.17, 15) is 22.8 Å². The molecule has 0 radical (unpaired) electrons. The van der Waals surface area contributed by atoms with Crippen molar-refractivity contribution in [1.29, 1.82) is 0 Å². The van der Waals surface area contributed by atoms with Crippen molar-refractivity contribution in [2.24, 2.45) is 0 Å². The summed E-state index contributed by atoms with van der Waals surface area (Å²) in [4.78, 5) is 28.4. The standard InChI is InChI=1S/C17H16ClF3N2O3/c18-12-3-2-10(17(19,20)21)8-11(12)15(25)22-6-4-16-13(22)9-14(24)23(16)5-1-7-26-16/h2-3,8,13H,1,4-7,9H2/t13-,16+/m1/s1. The lowest BCUT2D eigenvalue weighted by Gasteiger charge is -2.42.